The van der Waals surface area contributed by atoms with Crippen molar-refractivity contribution in [3.05, 3.63) is 55.8 Å². The number of aryl methyl sites for hydroxylation is 1. The Bertz CT molecular complexity index is 1010. The lowest BCUT2D eigenvalue weighted by atomic mass is 9.89. The van der Waals surface area contributed by atoms with E-state index in [1.807, 2.05) is 0 Å². The number of fused-ring (bicyclic) bond motifs is 3. The third-order valence-corrected chi connectivity index (χ3v) is 5.10. The molecule has 1 aliphatic rings. The summed E-state index contributed by atoms with van der Waals surface area (Å²) in [6.07, 6.45) is 1.04. The van der Waals surface area contributed by atoms with Gasteiger partial charge in [-0.15, -0.1) is 0 Å². The molecule has 1 aliphatic carbocycles. The Morgan fingerprint density at radius 1 is 1.14 bits per heavy atom. The minimum Gasteiger partial charge on any atom is -0.466 e. The lowest BCUT2D eigenvalue weighted by Gasteiger charge is -2.16. The standard InChI is InChI=1S/C21H22ClNO5/c1-4-27-17(25)11-15-19(21(26)28-5-2)14-8-6-12-10-13(22)7-9-16(24)18(12)20(14)23(15)3/h7,9-10H,4-6,8,11H2,1-3H3. The topological polar surface area (TPSA) is 74.6 Å². The molecule has 0 bridgehead atoms. The van der Waals surface area contributed by atoms with Gasteiger partial charge < -0.3 is 14.0 Å². The normalized spacial score (nSPS) is 12.1. The molecule has 3 rings (SSSR count). The van der Waals surface area contributed by atoms with Gasteiger partial charge in [0.15, 0.2) is 5.43 Å². The number of ether oxygens (including phenoxy) is 2. The van der Waals surface area contributed by atoms with Gasteiger partial charge in [0.2, 0.25) is 0 Å². The van der Waals surface area contributed by atoms with Crippen LogP contribution in [-0.2, 0) is 40.6 Å². The van der Waals surface area contributed by atoms with Gasteiger partial charge in [-0.25, -0.2) is 4.79 Å². The van der Waals surface area contributed by atoms with E-state index in [0.717, 1.165) is 11.1 Å². The number of rotatable bonds is 5. The minimum absolute atomic E-state index is 0.0747. The smallest absolute Gasteiger partial charge is 0.340 e. The van der Waals surface area contributed by atoms with Crippen molar-refractivity contribution in [2.45, 2.75) is 33.1 Å². The van der Waals surface area contributed by atoms with Crippen molar-refractivity contribution in [3.8, 4) is 11.3 Å². The molecule has 0 atom stereocenters. The van der Waals surface area contributed by atoms with Crippen molar-refractivity contribution in [1.82, 2.24) is 4.57 Å². The van der Waals surface area contributed by atoms with Gasteiger partial charge in [0.05, 0.1) is 30.9 Å². The summed E-state index contributed by atoms with van der Waals surface area (Å²) in [4.78, 5) is 37.7. The Balaban J connectivity index is 2.28. The molecule has 0 spiro atoms. The lowest BCUT2D eigenvalue weighted by molar-refractivity contribution is -0.142. The van der Waals surface area contributed by atoms with E-state index in [-0.39, 0.29) is 25.1 Å². The van der Waals surface area contributed by atoms with E-state index >= 15 is 0 Å². The van der Waals surface area contributed by atoms with E-state index in [0.29, 0.717) is 40.4 Å². The molecule has 0 N–H and O–H groups in total. The number of esters is 2. The molecule has 1 aromatic carbocycles. The number of carbonyl (C=O) groups excluding carboxylic acids is 2. The zero-order chi connectivity index (χ0) is 20.4. The van der Waals surface area contributed by atoms with E-state index in [9.17, 15) is 14.4 Å². The second-order valence-electron chi connectivity index (χ2n) is 6.54. The maximum absolute atomic E-state index is 12.8. The highest BCUT2D eigenvalue weighted by molar-refractivity contribution is 6.30. The molecule has 7 heteroatoms. The zero-order valence-electron chi connectivity index (χ0n) is 16.1. The maximum atomic E-state index is 12.8. The molecule has 0 unspecified atom stereocenters. The van der Waals surface area contributed by atoms with Crippen molar-refractivity contribution in [3.63, 3.8) is 0 Å². The predicted molar refractivity (Wildman–Crippen MR) is 106 cm³/mol. The van der Waals surface area contributed by atoms with Crippen molar-refractivity contribution < 1.29 is 19.1 Å². The van der Waals surface area contributed by atoms with Crippen molar-refractivity contribution >= 4 is 23.5 Å². The molecule has 0 saturated carbocycles. The number of hydrogen-bond acceptors (Lipinski definition) is 5. The Kier molecular flexibility index (Phi) is 5.89. The third-order valence-electron chi connectivity index (χ3n) is 4.87. The molecule has 1 aromatic heterocycles. The van der Waals surface area contributed by atoms with Crippen LogP contribution in [0, 0.1) is 0 Å². The number of hydrogen-bond donors (Lipinski definition) is 0. The fourth-order valence-corrected chi connectivity index (χ4v) is 3.96. The molecular formula is C21H22ClNO5. The van der Waals surface area contributed by atoms with Crippen LogP contribution in [-0.4, -0.2) is 29.7 Å². The van der Waals surface area contributed by atoms with Crippen LogP contribution in [0.5, 0.6) is 0 Å². The first-order chi connectivity index (χ1) is 13.4. The zero-order valence-corrected chi connectivity index (χ0v) is 16.9. The van der Waals surface area contributed by atoms with Crippen LogP contribution in [0.15, 0.2) is 23.0 Å². The van der Waals surface area contributed by atoms with Crippen LogP contribution < -0.4 is 5.43 Å². The largest absolute Gasteiger partial charge is 0.466 e. The number of nitrogens with zero attached hydrogens (tertiary/aromatic N) is 1. The SMILES string of the molecule is CCOC(=O)Cc1c(C(=O)OCC)c2c(n1C)-c1c(cc(Cl)ccc1=O)CC2. The molecule has 6 nitrogen and oxygen atoms in total. The average Bonchev–Trinajstić information content (AvgIpc) is 2.82. The van der Waals surface area contributed by atoms with Crippen LogP contribution in [0.1, 0.15) is 41.0 Å². The highest BCUT2D eigenvalue weighted by Crippen LogP contribution is 2.37. The van der Waals surface area contributed by atoms with E-state index in [2.05, 4.69) is 0 Å². The van der Waals surface area contributed by atoms with Gasteiger partial charge >= 0.3 is 11.9 Å². The molecule has 0 amide bonds. The molecule has 1 heterocycles. The number of carbonyl (C=O) groups is 2. The highest BCUT2D eigenvalue weighted by Gasteiger charge is 2.32. The summed E-state index contributed by atoms with van der Waals surface area (Å²) in [6, 6.07) is 4.78. The summed E-state index contributed by atoms with van der Waals surface area (Å²) in [5, 5.41) is 0.480. The molecule has 2 aromatic rings. The Morgan fingerprint density at radius 2 is 1.86 bits per heavy atom. The first kappa shape index (κ1) is 20.1. The predicted octanol–water partition coefficient (Wildman–Crippen LogP) is 3.09. The maximum Gasteiger partial charge on any atom is 0.340 e. The lowest BCUT2D eigenvalue weighted by Crippen LogP contribution is -2.15. The quantitative estimate of drug-likeness (QED) is 0.717. The van der Waals surface area contributed by atoms with Crippen molar-refractivity contribution in [2.75, 3.05) is 13.2 Å². The summed E-state index contributed by atoms with van der Waals surface area (Å²) >= 11 is 6.15. The molecule has 0 fully saturated rings. The second kappa shape index (κ2) is 8.19. The third kappa shape index (κ3) is 3.56. The van der Waals surface area contributed by atoms with E-state index < -0.39 is 11.9 Å². The van der Waals surface area contributed by atoms with Crippen molar-refractivity contribution in [1.29, 1.82) is 0 Å². The first-order valence-corrected chi connectivity index (χ1v) is 9.63. The van der Waals surface area contributed by atoms with E-state index in [1.54, 1.807) is 37.6 Å². The molecule has 0 saturated heterocycles. The van der Waals surface area contributed by atoms with Crippen LogP contribution in [0.25, 0.3) is 11.3 Å². The summed E-state index contributed by atoms with van der Waals surface area (Å²) in [5.74, 6) is -0.928. The molecule has 28 heavy (non-hydrogen) atoms. The van der Waals surface area contributed by atoms with Gasteiger partial charge in [-0.2, -0.15) is 0 Å². The summed E-state index contributed by atoms with van der Waals surface area (Å²) in [6.45, 7) is 3.92. The average molecular weight is 404 g/mol. The molecule has 148 valence electrons. The number of aromatic nitrogens is 1. The van der Waals surface area contributed by atoms with Gasteiger partial charge in [0, 0.05) is 23.3 Å². The van der Waals surface area contributed by atoms with Crippen LogP contribution in [0.2, 0.25) is 5.02 Å². The monoisotopic (exact) mass is 403 g/mol. The van der Waals surface area contributed by atoms with Gasteiger partial charge in [0.1, 0.15) is 0 Å². The fourth-order valence-electron chi connectivity index (χ4n) is 3.77. The second-order valence-corrected chi connectivity index (χ2v) is 6.97. The van der Waals surface area contributed by atoms with Crippen LogP contribution >= 0.6 is 11.6 Å². The van der Waals surface area contributed by atoms with Gasteiger partial charge in [0.25, 0.3) is 0 Å². The Labute approximate surface area is 168 Å². The summed E-state index contributed by atoms with van der Waals surface area (Å²) in [5.41, 5.74) is 3.37. The molecule has 0 aliphatic heterocycles. The minimum atomic E-state index is -0.493. The fraction of sp³-hybridized carbons (Fsp3) is 0.381. The molecule has 0 radical (unpaired) electrons. The van der Waals surface area contributed by atoms with Crippen LogP contribution in [0.3, 0.4) is 0 Å². The van der Waals surface area contributed by atoms with Gasteiger partial charge in [-0.05, 0) is 56.0 Å². The van der Waals surface area contributed by atoms with Crippen LogP contribution in [0.4, 0.5) is 0 Å². The summed E-state index contributed by atoms with van der Waals surface area (Å²) < 4.78 is 12.1. The van der Waals surface area contributed by atoms with E-state index in [1.165, 1.54) is 6.07 Å². The van der Waals surface area contributed by atoms with Gasteiger partial charge in [-0.1, -0.05) is 11.6 Å². The Hall–Kier alpha value is -2.60. The number of halogens is 1. The summed E-state index contributed by atoms with van der Waals surface area (Å²) in [7, 11) is 1.75. The Morgan fingerprint density at radius 3 is 2.54 bits per heavy atom. The highest BCUT2D eigenvalue weighted by atomic mass is 35.5. The first-order valence-electron chi connectivity index (χ1n) is 9.25. The van der Waals surface area contributed by atoms with Gasteiger partial charge in [-0.3, -0.25) is 9.59 Å². The molecular weight excluding hydrogens is 382 g/mol. The van der Waals surface area contributed by atoms with Crippen molar-refractivity contribution in [2.24, 2.45) is 7.05 Å². The van der Waals surface area contributed by atoms with E-state index in [4.69, 9.17) is 21.1 Å².